The maximum atomic E-state index is 12.0. The molecule has 1 aromatic rings. The number of nitrogens with one attached hydrogen (secondary N) is 1. The van der Waals surface area contributed by atoms with Crippen LogP contribution in [0.25, 0.3) is 0 Å². The van der Waals surface area contributed by atoms with Crippen molar-refractivity contribution in [3.63, 3.8) is 0 Å². The molecular weight excluding hydrogens is 300 g/mol. The summed E-state index contributed by atoms with van der Waals surface area (Å²) in [5.41, 5.74) is 7.94. The summed E-state index contributed by atoms with van der Waals surface area (Å²) >= 11 is 0. The monoisotopic (exact) mass is 326 g/mol. The van der Waals surface area contributed by atoms with E-state index < -0.39 is 0 Å². The van der Waals surface area contributed by atoms with Crippen LogP contribution >= 0.6 is 12.4 Å². The molecular formula is C17H27ClN2O2. The van der Waals surface area contributed by atoms with Crippen molar-refractivity contribution in [2.45, 2.75) is 46.2 Å². The van der Waals surface area contributed by atoms with Crippen LogP contribution in [0.4, 0.5) is 0 Å². The minimum atomic E-state index is -0.189. The standard InChI is InChI=1S/C17H26N2O2.ClH/c1-11-4-7-15(9-19-17(20)12(2)13(3)18)16(8-11)21-10-14-5-6-14;/h4,7-8,12-14H,5-6,9-10,18H2,1-3H3,(H,19,20);1H. The molecule has 1 aromatic carbocycles. The fourth-order valence-corrected chi connectivity index (χ4v) is 2.02. The van der Waals surface area contributed by atoms with Gasteiger partial charge in [-0.1, -0.05) is 19.1 Å². The van der Waals surface area contributed by atoms with Gasteiger partial charge in [-0.3, -0.25) is 4.79 Å². The molecule has 22 heavy (non-hydrogen) atoms. The first kappa shape index (κ1) is 18.8. The van der Waals surface area contributed by atoms with Crippen LogP contribution in [0.15, 0.2) is 18.2 Å². The van der Waals surface area contributed by atoms with Gasteiger partial charge >= 0.3 is 0 Å². The summed E-state index contributed by atoms with van der Waals surface area (Å²) in [5.74, 6) is 1.40. The third-order valence-corrected chi connectivity index (χ3v) is 4.05. The van der Waals surface area contributed by atoms with Crippen molar-refractivity contribution in [2.75, 3.05) is 6.61 Å². The second-order valence-electron chi connectivity index (χ2n) is 6.23. The van der Waals surface area contributed by atoms with Gasteiger partial charge in [-0.25, -0.2) is 0 Å². The number of halogens is 1. The van der Waals surface area contributed by atoms with Crippen molar-refractivity contribution in [3.8, 4) is 5.75 Å². The number of rotatable bonds is 7. The Morgan fingerprint density at radius 2 is 2.09 bits per heavy atom. The van der Waals surface area contributed by atoms with Crippen LogP contribution in [-0.4, -0.2) is 18.6 Å². The summed E-state index contributed by atoms with van der Waals surface area (Å²) in [7, 11) is 0. The van der Waals surface area contributed by atoms with Crippen molar-refractivity contribution < 1.29 is 9.53 Å². The van der Waals surface area contributed by atoms with Gasteiger partial charge in [0.05, 0.1) is 6.61 Å². The topological polar surface area (TPSA) is 64.4 Å². The van der Waals surface area contributed by atoms with E-state index in [1.807, 2.05) is 39.0 Å². The molecule has 2 rings (SSSR count). The summed E-state index contributed by atoms with van der Waals surface area (Å²) in [6, 6.07) is 5.96. The Morgan fingerprint density at radius 1 is 1.41 bits per heavy atom. The van der Waals surface area contributed by atoms with Gasteiger partial charge in [-0.2, -0.15) is 0 Å². The number of hydrogen-bond acceptors (Lipinski definition) is 3. The summed E-state index contributed by atoms with van der Waals surface area (Å²) in [4.78, 5) is 12.0. The summed E-state index contributed by atoms with van der Waals surface area (Å²) in [6.07, 6.45) is 2.54. The van der Waals surface area contributed by atoms with E-state index in [-0.39, 0.29) is 30.3 Å². The molecule has 1 aliphatic carbocycles. The zero-order chi connectivity index (χ0) is 15.4. The van der Waals surface area contributed by atoms with Crippen LogP contribution in [0.2, 0.25) is 0 Å². The molecule has 0 aliphatic heterocycles. The molecule has 2 atom stereocenters. The van der Waals surface area contributed by atoms with Crippen LogP contribution < -0.4 is 15.8 Å². The molecule has 5 heteroatoms. The van der Waals surface area contributed by atoms with Crippen LogP contribution in [0, 0.1) is 18.8 Å². The van der Waals surface area contributed by atoms with E-state index in [0.29, 0.717) is 12.5 Å². The minimum absolute atomic E-state index is 0. The van der Waals surface area contributed by atoms with Crippen molar-refractivity contribution in [1.82, 2.24) is 5.32 Å². The zero-order valence-electron chi connectivity index (χ0n) is 13.6. The molecule has 0 radical (unpaired) electrons. The van der Waals surface area contributed by atoms with Gasteiger partial charge < -0.3 is 15.8 Å². The molecule has 0 aromatic heterocycles. The van der Waals surface area contributed by atoms with E-state index in [4.69, 9.17) is 10.5 Å². The minimum Gasteiger partial charge on any atom is -0.493 e. The van der Waals surface area contributed by atoms with Crippen LogP contribution in [-0.2, 0) is 11.3 Å². The Kier molecular flexibility index (Phi) is 7.17. The molecule has 1 amide bonds. The number of aryl methyl sites for hydroxylation is 1. The van der Waals surface area contributed by atoms with E-state index >= 15 is 0 Å². The van der Waals surface area contributed by atoms with Gasteiger partial charge in [0.25, 0.3) is 0 Å². The second-order valence-corrected chi connectivity index (χ2v) is 6.23. The van der Waals surface area contributed by atoms with Gasteiger partial charge in [0.2, 0.25) is 5.91 Å². The Labute approximate surface area is 139 Å². The van der Waals surface area contributed by atoms with Crippen LogP contribution in [0.5, 0.6) is 5.75 Å². The fraction of sp³-hybridized carbons (Fsp3) is 0.588. The number of carbonyl (C=O) groups is 1. The van der Waals surface area contributed by atoms with E-state index in [1.54, 1.807) is 0 Å². The molecule has 0 saturated heterocycles. The lowest BCUT2D eigenvalue weighted by Gasteiger charge is -2.17. The number of carbonyl (C=O) groups excluding carboxylic acids is 1. The van der Waals surface area contributed by atoms with E-state index in [1.165, 1.54) is 18.4 Å². The average Bonchev–Trinajstić information content (AvgIpc) is 3.26. The quantitative estimate of drug-likeness (QED) is 0.809. The zero-order valence-corrected chi connectivity index (χ0v) is 14.4. The Bertz CT molecular complexity index is 501. The molecule has 1 aliphatic rings. The maximum Gasteiger partial charge on any atom is 0.224 e. The maximum absolute atomic E-state index is 12.0. The molecule has 3 N–H and O–H groups in total. The highest BCUT2D eigenvalue weighted by atomic mass is 35.5. The van der Waals surface area contributed by atoms with Gasteiger partial charge in [0, 0.05) is 24.1 Å². The molecule has 4 nitrogen and oxygen atoms in total. The summed E-state index contributed by atoms with van der Waals surface area (Å²) < 4.78 is 5.91. The summed E-state index contributed by atoms with van der Waals surface area (Å²) in [5, 5.41) is 2.94. The van der Waals surface area contributed by atoms with Crippen LogP contribution in [0.3, 0.4) is 0 Å². The number of ether oxygens (including phenoxy) is 1. The Hall–Kier alpha value is -1.26. The predicted octanol–water partition coefficient (Wildman–Crippen LogP) is 2.81. The van der Waals surface area contributed by atoms with E-state index in [9.17, 15) is 4.79 Å². The van der Waals surface area contributed by atoms with Gasteiger partial charge in [-0.15, -0.1) is 12.4 Å². The largest absolute Gasteiger partial charge is 0.493 e. The van der Waals surface area contributed by atoms with Crippen LogP contribution in [0.1, 0.15) is 37.8 Å². The van der Waals surface area contributed by atoms with Gasteiger partial charge in [0.1, 0.15) is 5.75 Å². The highest BCUT2D eigenvalue weighted by Crippen LogP contribution is 2.30. The Morgan fingerprint density at radius 3 is 2.68 bits per heavy atom. The molecule has 1 saturated carbocycles. The normalized spacial score (nSPS) is 16.4. The lowest BCUT2D eigenvalue weighted by Crippen LogP contribution is -2.38. The Balaban J connectivity index is 0.00000242. The molecule has 0 heterocycles. The summed E-state index contributed by atoms with van der Waals surface area (Å²) in [6.45, 7) is 7.00. The fourth-order valence-electron chi connectivity index (χ4n) is 2.02. The second kappa shape index (κ2) is 8.39. The van der Waals surface area contributed by atoms with Crippen molar-refractivity contribution >= 4 is 18.3 Å². The highest BCUT2D eigenvalue weighted by Gasteiger charge is 2.22. The molecule has 1 fully saturated rings. The lowest BCUT2D eigenvalue weighted by atomic mass is 10.0. The predicted molar refractivity (Wildman–Crippen MR) is 91.3 cm³/mol. The number of hydrogen-bond donors (Lipinski definition) is 2. The molecule has 124 valence electrons. The van der Waals surface area contributed by atoms with E-state index in [2.05, 4.69) is 5.32 Å². The number of amides is 1. The first-order chi connectivity index (χ1) is 9.97. The van der Waals surface area contributed by atoms with Crippen molar-refractivity contribution in [1.29, 1.82) is 0 Å². The molecule has 2 unspecified atom stereocenters. The highest BCUT2D eigenvalue weighted by molar-refractivity contribution is 5.85. The first-order valence-electron chi connectivity index (χ1n) is 7.73. The van der Waals surface area contributed by atoms with Gasteiger partial charge in [-0.05, 0) is 44.2 Å². The molecule has 0 bridgehead atoms. The van der Waals surface area contributed by atoms with E-state index in [0.717, 1.165) is 17.9 Å². The third-order valence-electron chi connectivity index (χ3n) is 4.05. The number of benzene rings is 1. The smallest absolute Gasteiger partial charge is 0.224 e. The third kappa shape index (κ3) is 5.50. The molecule has 0 spiro atoms. The van der Waals surface area contributed by atoms with Gasteiger partial charge in [0.15, 0.2) is 0 Å². The van der Waals surface area contributed by atoms with Crippen molar-refractivity contribution in [3.05, 3.63) is 29.3 Å². The van der Waals surface area contributed by atoms with Crippen molar-refractivity contribution in [2.24, 2.45) is 17.6 Å². The SMILES string of the molecule is Cc1ccc(CNC(=O)C(C)C(C)N)c(OCC2CC2)c1.Cl. The first-order valence-corrected chi connectivity index (χ1v) is 7.73. The lowest BCUT2D eigenvalue weighted by molar-refractivity contribution is -0.125. The number of nitrogens with two attached hydrogens (primary N) is 1. The average molecular weight is 327 g/mol.